The fourth-order valence-electron chi connectivity index (χ4n) is 3.67. The lowest BCUT2D eigenvalue weighted by atomic mass is 10.2. The van der Waals surface area contributed by atoms with E-state index in [0.717, 1.165) is 21.3 Å². The zero-order valence-electron chi connectivity index (χ0n) is 19.0. The summed E-state index contributed by atoms with van der Waals surface area (Å²) < 4.78 is 114. The number of carboxylic acid groups (broad SMARTS) is 1. The van der Waals surface area contributed by atoms with Gasteiger partial charge in [0.05, 0.1) is 0 Å². The summed E-state index contributed by atoms with van der Waals surface area (Å²) >= 11 is 0. The van der Waals surface area contributed by atoms with Gasteiger partial charge in [0.1, 0.15) is 16.4 Å². The first-order valence-electron chi connectivity index (χ1n) is 10.7. The molecule has 0 unspecified atom stereocenters. The Bertz CT molecular complexity index is 1190. The fourth-order valence-corrected chi connectivity index (χ4v) is 5.46. The van der Waals surface area contributed by atoms with Gasteiger partial charge in [-0.1, -0.05) is 30.3 Å². The summed E-state index contributed by atoms with van der Waals surface area (Å²) in [5.41, 5.74) is 0.488. The predicted molar refractivity (Wildman–Crippen MR) is 117 cm³/mol. The third kappa shape index (κ3) is 7.89. The van der Waals surface area contributed by atoms with Crippen LogP contribution in [0.4, 0.5) is 31.1 Å². The number of rotatable bonds is 9. The molecule has 1 aliphatic heterocycles. The van der Waals surface area contributed by atoms with Crippen molar-refractivity contribution in [2.24, 2.45) is 0 Å². The van der Waals surface area contributed by atoms with E-state index in [4.69, 9.17) is 4.74 Å². The van der Waals surface area contributed by atoms with Gasteiger partial charge in [-0.25, -0.2) is 13.2 Å². The molecular formula is C22H22F6N2O6S. The number of hydrogen-bond acceptors (Lipinski definition) is 5. The molecule has 8 nitrogen and oxygen atoms in total. The standard InChI is InChI=1S/C22H22F6N2O6S/c23-21(24,25)13-35-17-6-7-18(36-14-22(26,27)28)19(10-17)37(33,34)30(11-15-4-2-1-3-5-15)16-8-9-29(12-16)20(31)32/h1-7,10,16H,8-9,11-14H2,(H,31,32)/t16-/m1/s1. The summed E-state index contributed by atoms with van der Waals surface area (Å²) in [6.07, 6.45) is -10.8. The number of amides is 1. The van der Waals surface area contributed by atoms with Crippen LogP contribution < -0.4 is 9.47 Å². The SMILES string of the molecule is O=C(O)N1CC[C@@H](N(Cc2ccccc2)S(=O)(=O)c2cc(OCC(F)(F)F)ccc2OCC(F)(F)F)C1. The molecule has 1 heterocycles. The van der Waals surface area contributed by atoms with Crippen LogP contribution >= 0.6 is 0 Å². The van der Waals surface area contributed by atoms with Gasteiger partial charge in [0.25, 0.3) is 0 Å². The second kappa shape index (κ2) is 11.0. The molecule has 2 aromatic carbocycles. The second-order valence-electron chi connectivity index (χ2n) is 8.12. The van der Waals surface area contributed by atoms with Crippen molar-refractivity contribution in [1.29, 1.82) is 0 Å². The van der Waals surface area contributed by atoms with Crippen molar-refractivity contribution < 1.29 is 54.1 Å². The number of ether oxygens (including phenoxy) is 2. The number of nitrogens with zero attached hydrogens (tertiary/aromatic N) is 2. The van der Waals surface area contributed by atoms with E-state index < -0.39 is 64.1 Å². The van der Waals surface area contributed by atoms with Crippen LogP contribution in [0.3, 0.4) is 0 Å². The Labute approximate surface area is 208 Å². The molecular weight excluding hydrogens is 534 g/mol. The van der Waals surface area contributed by atoms with Crippen molar-refractivity contribution in [3.63, 3.8) is 0 Å². The van der Waals surface area contributed by atoms with Gasteiger partial charge in [0.2, 0.25) is 10.0 Å². The van der Waals surface area contributed by atoms with Crippen LogP contribution in [-0.2, 0) is 16.6 Å². The van der Waals surface area contributed by atoms with E-state index >= 15 is 0 Å². The molecule has 1 N–H and O–H groups in total. The fraction of sp³-hybridized carbons (Fsp3) is 0.409. The first kappa shape index (κ1) is 28.4. The van der Waals surface area contributed by atoms with E-state index in [1.165, 1.54) is 0 Å². The molecule has 204 valence electrons. The summed E-state index contributed by atoms with van der Waals surface area (Å²) in [6, 6.07) is 9.51. The van der Waals surface area contributed by atoms with E-state index in [9.17, 15) is 44.7 Å². The summed E-state index contributed by atoms with van der Waals surface area (Å²) in [6.45, 7) is -4.11. The van der Waals surface area contributed by atoms with Crippen LogP contribution in [0.2, 0.25) is 0 Å². The highest BCUT2D eigenvalue weighted by atomic mass is 32.2. The Morgan fingerprint density at radius 2 is 1.62 bits per heavy atom. The largest absolute Gasteiger partial charge is 0.484 e. The molecule has 3 rings (SSSR count). The van der Waals surface area contributed by atoms with E-state index in [0.29, 0.717) is 11.6 Å². The van der Waals surface area contributed by atoms with Crippen molar-refractivity contribution in [2.75, 3.05) is 26.3 Å². The minimum Gasteiger partial charge on any atom is -0.484 e. The van der Waals surface area contributed by atoms with Gasteiger partial charge >= 0.3 is 18.4 Å². The van der Waals surface area contributed by atoms with Gasteiger partial charge < -0.3 is 19.5 Å². The molecule has 0 saturated carbocycles. The smallest absolute Gasteiger partial charge is 0.422 e. The van der Waals surface area contributed by atoms with Gasteiger partial charge in [-0.05, 0) is 24.1 Å². The van der Waals surface area contributed by atoms with Crippen LogP contribution in [0.25, 0.3) is 0 Å². The first-order chi connectivity index (χ1) is 17.2. The quantitative estimate of drug-likeness (QED) is 0.457. The van der Waals surface area contributed by atoms with Gasteiger partial charge in [0.15, 0.2) is 13.2 Å². The van der Waals surface area contributed by atoms with Crippen molar-refractivity contribution >= 4 is 16.1 Å². The van der Waals surface area contributed by atoms with E-state index in [-0.39, 0.29) is 26.1 Å². The third-order valence-corrected chi connectivity index (χ3v) is 7.24. The molecule has 1 atom stereocenters. The summed E-state index contributed by atoms with van der Waals surface area (Å²) in [4.78, 5) is 11.5. The Morgan fingerprint density at radius 3 is 2.19 bits per heavy atom. The maximum atomic E-state index is 13.8. The van der Waals surface area contributed by atoms with Crippen LogP contribution in [0.1, 0.15) is 12.0 Å². The number of benzene rings is 2. The average Bonchev–Trinajstić information content (AvgIpc) is 3.30. The number of sulfonamides is 1. The summed E-state index contributed by atoms with van der Waals surface area (Å²) in [5, 5.41) is 9.30. The van der Waals surface area contributed by atoms with Gasteiger partial charge in [-0.2, -0.15) is 30.6 Å². The highest BCUT2D eigenvalue weighted by molar-refractivity contribution is 7.89. The topological polar surface area (TPSA) is 96.4 Å². The van der Waals surface area contributed by atoms with Crippen molar-refractivity contribution in [3.05, 3.63) is 54.1 Å². The maximum absolute atomic E-state index is 13.8. The number of alkyl halides is 6. The Kier molecular flexibility index (Phi) is 8.47. The third-order valence-electron chi connectivity index (χ3n) is 5.32. The molecule has 0 radical (unpaired) electrons. The molecule has 15 heteroatoms. The molecule has 0 spiro atoms. The normalized spacial score (nSPS) is 16.7. The zero-order chi connectivity index (χ0) is 27.4. The number of likely N-dealkylation sites (tertiary alicyclic amines) is 1. The molecule has 1 fully saturated rings. The highest BCUT2D eigenvalue weighted by Crippen LogP contribution is 2.35. The predicted octanol–water partition coefficient (Wildman–Crippen LogP) is 4.51. The molecule has 1 saturated heterocycles. The molecule has 0 aromatic heterocycles. The average molecular weight is 556 g/mol. The lowest BCUT2D eigenvalue weighted by Gasteiger charge is -2.29. The van der Waals surface area contributed by atoms with Crippen molar-refractivity contribution in [1.82, 2.24) is 9.21 Å². The number of carbonyl (C=O) groups is 1. The van der Waals surface area contributed by atoms with Crippen LogP contribution in [0, 0.1) is 0 Å². The molecule has 2 aromatic rings. The van der Waals surface area contributed by atoms with Crippen LogP contribution in [-0.4, -0.2) is 73.5 Å². The van der Waals surface area contributed by atoms with Crippen molar-refractivity contribution in [2.45, 2.75) is 36.3 Å². The van der Waals surface area contributed by atoms with Crippen molar-refractivity contribution in [3.8, 4) is 11.5 Å². The maximum Gasteiger partial charge on any atom is 0.422 e. The molecule has 1 aliphatic rings. The van der Waals surface area contributed by atoms with Crippen LogP contribution in [0.5, 0.6) is 11.5 Å². The summed E-state index contributed by atoms with van der Waals surface area (Å²) in [5.74, 6) is -1.31. The Morgan fingerprint density at radius 1 is 1.00 bits per heavy atom. The van der Waals surface area contributed by atoms with Crippen LogP contribution in [0.15, 0.2) is 53.4 Å². The first-order valence-corrected chi connectivity index (χ1v) is 12.2. The van der Waals surface area contributed by atoms with Gasteiger partial charge in [-0.15, -0.1) is 0 Å². The minimum absolute atomic E-state index is 0.00692. The van der Waals surface area contributed by atoms with Gasteiger partial charge in [0, 0.05) is 31.7 Å². The second-order valence-corrected chi connectivity index (χ2v) is 9.98. The highest BCUT2D eigenvalue weighted by Gasteiger charge is 2.40. The number of hydrogen-bond donors (Lipinski definition) is 1. The lowest BCUT2D eigenvalue weighted by molar-refractivity contribution is -0.154. The Hall–Kier alpha value is -3.20. The monoisotopic (exact) mass is 556 g/mol. The van der Waals surface area contributed by atoms with E-state index in [1.54, 1.807) is 30.3 Å². The molecule has 0 aliphatic carbocycles. The summed E-state index contributed by atoms with van der Waals surface area (Å²) in [7, 11) is -4.75. The number of halogens is 6. The molecule has 0 bridgehead atoms. The van der Waals surface area contributed by atoms with E-state index in [2.05, 4.69) is 4.74 Å². The van der Waals surface area contributed by atoms with Gasteiger partial charge in [-0.3, -0.25) is 0 Å². The molecule has 37 heavy (non-hydrogen) atoms. The lowest BCUT2D eigenvalue weighted by Crippen LogP contribution is -2.42. The minimum atomic E-state index is -4.83. The molecule has 1 amide bonds. The Balaban J connectivity index is 2.05. The zero-order valence-corrected chi connectivity index (χ0v) is 19.8. The van der Waals surface area contributed by atoms with E-state index in [1.807, 2.05) is 0 Å².